The number of nitrogens with zero attached hydrogens (tertiary/aromatic N) is 2. The Morgan fingerprint density at radius 1 is 1.10 bits per heavy atom. The van der Waals surface area contributed by atoms with E-state index in [-0.39, 0.29) is 17.3 Å². The number of carbonyl (C=O) groups is 1. The summed E-state index contributed by atoms with van der Waals surface area (Å²) in [5.41, 5.74) is 2.58. The van der Waals surface area contributed by atoms with E-state index < -0.39 is 15.8 Å². The quantitative estimate of drug-likeness (QED) is 0.748. The molecule has 8 heteroatoms. The Kier molecular flexibility index (Phi) is 6.66. The summed E-state index contributed by atoms with van der Waals surface area (Å²) >= 11 is 0. The van der Waals surface area contributed by atoms with Gasteiger partial charge in [0.05, 0.1) is 37.6 Å². The second-order valence-corrected chi connectivity index (χ2v) is 9.49. The van der Waals surface area contributed by atoms with Gasteiger partial charge in [0.25, 0.3) is 0 Å². The topological polar surface area (TPSA) is 62.1 Å². The van der Waals surface area contributed by atoms with Crippen LogP contribution in [0.5, 0.6) is 0 Å². The summed E-state index contributed by atoms with van der Waals surface area (Å²) in [7, 11) is -2.46. The molecule has 1 saturated heterocycles. The Bertz CT molecular complexity index is 955. The minimum atomic E-state index is -3.83. The number of hydrogen-bond donors (Lipinski definition) is 1. The second-order valence-electron chi connectivity index (χ2n) is 7.45. The summed E-state index contributed by atoms with van der Waals surface area (Å²) in [6.45, 7) is 5.66. The Labute approximate surface area is 171 Å². The molecule has 1 aliphatic rings. The van der Waals surface area contributed by atoms with E-state index in [1.54, 1.807) is 4.90 Å². The van der Waals surface area contributed by atoms with E-state index in [1.807, 2.05) is 12.1 Å². The standard InChI is InChI=1S/C21H26FN3O3S/c1-17-5-3-4-6-18(17)15-24-11-13-25(14-12-24)21(26)16-23(2)29(27,28)20-9-7-19(22)8-10-20/h3-10H,11-16H2,1-2H3/p+1. The summed E-state index contributed by atoms with van der Waals surface area (Å²) in [5.74, 6) is -0.720. The number of carbonyl (C=O) groups excluding carboxylic acids is 1. The third-order valence-electron chi connectivity index (χ3n) is 5.40. The molecule has 0 spiro atoms. The van der Waals surface area contributed by atoms with E-state index in [2.05, 4.69) is 19.1 Å². The first-order valence-corrected chi connectivity index (χ1v) is 11.1. The fraction of sp³-hybridized carbons (Fsp3) is 0.381. The molecule has 2 aromatic rings. The summed E-state index contributed by atoms with van der Waals surface area (Å²) in [4.78, 5) is 15.7. The Balaban J connectivity index is 1.54. The maximum atomic E-state index is 13.0. The van der Waals surface area contributed by atoms with Crippen LogP contribution in [0.4, 0.5) is 4.39 Å². The lowest BCUT2D eigenvalue weighted by Crippen LogP contribution is -3.13. The smallest absolute Gasteiger partial charge is 0.243 e. The maximum Gasteiger partial charge on any atom is 0.243 e. The number of aryl methyl sites for hydroxylation is 1. The van der Waals surface area contributed by atoms with Crippen LogP contribution in [0.3, 0.4) is 0 Å². The van der Waals surface area contributed by atoms with Crippen molar-refractivity contribution in [1.29, 1.82) is 0 Å². The first kappa shape index (κ1) is 21.4. The highest BCUT2D eigenvalue weighted by Crippen LogP contribution is 2.15. The lowest BCUT2D eigenvalue weighted by molar-refractivity contribution is -0.917. The van der Waals surface area contributed by atoms with E-state index >= 15 is 0 Å². The van der Waals surface area contributed by atoms with Crippen molar-refractivity contribution in [3.8, 4) is 0 Å². The van der Waals surface area contributed by atoms with Crippen LogP contribution in [0.1, 0.15) is 11.1 Å². The van der Waals surface area contributed by atoms with Crippen LogP contribution in [-0.4, -0.2) is 63.3 Å². The highest BCUT2D eigenvalue weighted by atomic mass is 32.2. The van der Waals surface area contributed by atoms with E-state index in [1.165, 1.54) is 35.2 Å². The third-order valence-corrected chi connectivity index (χ3v) is 7.22. The monoisotopic (exact) mass is 420 g/mol. The molecule has 3 rings (SSSR count). The average molecular weight is 421 g/mol. The normalized spacial score (nSPS) is 15.7. The zero-order chi connectivity index (χ0) is 21.0. The van der Waals surface area contributed by atoms with Crippen molar-refractivity contribution in [3.05, 3.63) is 65.5 Å². The van der Waals surface area contributed by atoms with Gasteiger partial charge in [0, 0.05) is 12.6 Å². The van der Waals surface area contributed by atoms with Gasteiger partial charge in [0.15, 0.2) is 0 Å². The van der Waals surface area contributed by atoms with E-state index in [4.69, 9.17) is 0 Å². The minimum absolute atomic E-state index is 0.0262. The Morgan fingerprint density at radius 3 is 2.34 bits per heavy atom. The van der Waals surface area contributed by atoms with Gasteiger partial charge in [0.1, 0.15) is 12.4 Å². The number of halogens is 1. The van der Waals surface area contributed by atoms with Crippen LogP contribution in [-0.2, 0) is 21.4 Å². The minimum Gasteiger partial charge on any atom is -0.330 e. The second kappa shape index (κ2) is 9.02. The predicted octanol–water partition coefficient (Wildman–Crippen LogP) is 0.682. The van der Waals surface area contributed by atoms with Crippen molar-refractivity contribution in [2.24, 2.45) is 0 Å². The zero-order valence-electron chi connectivity index (χ0n) is 16.8. The van der Waals surface area contributed by atoms with E-state index in [9.17, 15) is 17.6 Å². The van der Waals surface area contributed by atoms with E-state index in [0.717, 1.165) is 36.1 Å². The van der Waals surface area contributed by atoms with Crippen LogP contribution in [0, 0.1) is 12.7 Å². The van der Waals surface area contributed by atoms with Crippen molar-refractivity contribution in [2.45, 2.75) is 18.4 Å². The third kappa shape index (κ3) is 5.20. The van der Waals surface area contributed by atoms with Crippen molar-refractivity contribution < 1.29 is 22.5 Å². The van der Waals surface area contributed by atoms with E-state index in [0.29, 0.717) is 13.1 Å². The zero-order valence-corrected chi connectivity index (χ0v) is 17.6. The largest absolute Gasteiger partial charge is 0.330 e. The molecule has 0 unspecified atom stereocenters. The molecule has 0 aromatic heterocycles. The number of piperazine rings is 1. The lowest BCUT2D eigenvalue weighted by Gasteiger charge is -2.33. The number of quaternary nitrogens is 1. The van der Waals surface area contributed by atoms with Crippen LogP contribution in [0.25, 0.3) is 0 Å². The molecule has 1 heterocycles. The highest BCUT2D eigenvalue weighted by Gasteiger charge is 2.28. The van der Waals surface area contributed by atoms with Gasteiger partial charge in [-0.2, -0.15) is 4.31 Å². The first-order chi connectivity index (χ1) is 13.8. The SMILES string of the molecule is Cc1ccccc1C[NH+]1CCN(C(=O)CN(C)S(=O)(=O)c2ccc(F)cc2)CC1. The number of benzene rings is 2. The molecule has 1 amide bonds. The van der Waals surface area contributed by atoms with Crippen molar-refractivity contribution in [1.82, 2.24) is 9.21 Å². The molecular weight excluding hydrogens is 393 g/mol. The van der Waals surface area contributed by atoms with Gasteiger partial charge >= 0.3 is 0 Å². The van der Waals surface area contributed by atoms with Crippen LogP contribution in [0.2, 0.25) is 0 Å². The number of amides is 1. The molecule has 0 aliphatic carbocycles. The molecule has 0 atom stereocenters. The Morgan fingerprint density at radius 2 is 1.72 bits per heavy atom. The molecule has 6 nitrogen and oxygen atoms in total. The number of nitrogens with one attached hydrogen (secondary N) is 1. The predicted molar refractivity (Wildman–Crippen MR) is 108 cm³/mol. The lowest BCUT2D eigenvalue weighted by atomic mass is 10.1. The van der Waals surface area contributed by atoms with Crippen molar-refractivity contribution >= 4 is 15.9 Å². The molecule has 0 radical (unpaired) electrons. The molecule has 29 heavy (non-hydrogen) atoms. The Hall–Kier alpha value is -2.29. The summed E-state index contributed by atoms with van der Waals surface area (Å²) in [6, 6.07) is 12.9. The van der Waals surface area contributed by atoms with Crippen molar-refractivity contribution in [3.63, 3.8) is 0 Å². The van der Waals surface area contributed by atoms with Gasteiger partial charge in [0.2, 0.25) is 15.9 Å². The fourth-order valence-corrected chi connectivity index (χ4v) is 4.61. The van der Waals surface area contributed by atoms with Crippen LogP contribution in [0.15, 0.2) is 53.4 Å². The van der Waals surface area contributed by atoms with Gasteiger partial charge in [-0.25, -0.2) is 12.8 Å². The molecule has 0 saturated carbocycles. The highest BCUT2D eigenvalue weighted by molar-refractivity contribution is 7.89. The number of hydrogen-bond acceptors (Lipinski definition) is 3. The molecule has 0 bridgehead atoms. The molecule has 156 valence electrons. The van der Waals surface area contributed by atoms with Gasteiger partial charge in [-0.1, -0.05) is 24.3 Å². The van der Waals surface area contributed by atoms with Gasteiger partial charge in [-0.3, -0.25) is 4.79 Å². The number of sulfonamides is 1. The fourth-order valence-electron chi connectivity index (χ4n) is 3.49. The number of rotatable bonds is 6. The van der Waals surface area contributed by atoms with Gasteiger partial charge in [-0.05, 0) is 36.8 Å². The summed E-state index contributed by atoms with van der Waals surface area (Å²) in [5, 5.41) is 0. The molecule has 1 fully saturated rings. The molecule has 2 aromatic carbocycles. The average Bonchev–Trinajstić information content (AvgIpc) is 2.70. The van der Waals surface area contributed by atoms with Crippen LogP contribution < -0.4 is 4.90 Å². The van der Waals surface area contributed by atoms with Gasteiger partial charge < -0.3 is 9.80 Å². The summed E-state index contributed by atoms with van der Waals surface area (Å²) in [6.07, 6.45) is 0. The number of likely N-dealkylation sites (N-methyl/N-ethyl adjacent to an activating group) is 1. The first-order valence-electron chi connectivity index (χ1n) is 9.65. The van der Waals surface area contributed by atoms with Crippen LogP contribution >= 0.6 is 0 Å². The molecule has 1 aliphatic heterocycles. The molecular formula is C21H27FN3O3S+. The molecule has 1 N–H and O–H groups in total. The maximum absolute atomic E-state index is 13.0. The van der Waals surface area contributed by atoms with Gasteiger partial charge in [-0.15, -0.1) is 0 Å². The summed E-state index contributed by atoms with van der Waals surface area (Å²) < 4.78 is 39.2. The van der Waals surface area contributed by atoms with Crippen molar-refractivity contribution in [2.75, 3.05) is 39.8 Å².